The van der Waals surface area contributed by atoms with Crippen LogP contribution in [0.3, 0.4) is 0 Å². The first-order valence-corrected chi connectivity index (χ1v) is 16.8. The van der Waals surface area contributed by atoms with Crippen molar-refractivity contribution >= 4 is 0 Å². The summed E-state index contributed by atoms with van der Waals surface area (Å²) < 4.78 is 0. The number of aromatic nitrogens is 2. The van der Waals surface area contributed by atoms with E-state index < -0.39 is 0 Å². The van der Waals surface area contributed by atoms with Gasteiger partial charge in [-0.05, 0) is 73.8 Å². The molecule has 48 heavy (non-hydrogen) atoms. The van der Waals surface area contributed by atoms with Crippen LogP contribution < -0.4 is 0 Å². The molecule has 0 radical (unpaired) electrons. The Hall–Kier alpha value is -5.60. The Morgan fingerprint density at radius 1 is 0.354 bits per heavy atom. The molecule has 0 spiro atoms. The third-order valence-corrected chi connectivity index (χ3v) is 10.7. The van der Waals surface area contributed by atoms with Gasteiger partial charge in [-0.2, -0.15) is 0 Å². The van der Waals surface area contributed by atoms with Gasteiger partial charge in [0, 0.05) is 27.5 Å². The minimum Gasteiger partial charge on any atom is -0.228 e. The number of rotatable bonds is 4. The molecule has 0 unspecified atom stereocenters. The van der Waals surface area contributed by atoms with Gasteiger partial charge < -0.3 is 0 Å². The molecule has 0 N–H and O–H groups in total. The van der Waals surface area contributed by atoms with Crippen LogP contribution in [0.1, 0.15) is 49.9 Å². The molecule has 0 saturated heterocycles. The van der Waals surface area contributed by atoms with E-state index in [2.05, 4.69) is 149 Å². The van der Waals surface area contributed by atoms with Crippen LogP contribution in [-0.4, -0.2) is 9.97 Å². The van der Waals surface area contributed by atoms with Crippen LogP contribution in [0.4, 0.5) is 0 Å². The molecule has 7 aromatic rings. The van der Waals surface area contributed by atoms with Crippen molar-refractivity contribution in [3.05, 3.63) is 168 Å². The summed E-state index contributed by atoms with van der Waals surface area (Å²) in [6, 6.07) is 52.4. The zero-order valence-electron chi connectivity index (χ0n) is 27.8. The molecule has 0 aliphatic heterocycles. The van der Waals surface area contributed by atoms with Gasteiger partial charge in [0.05, 0.1) is 11.4 Å². The lowest BCUT2D eigenvalue weighted by molar-refractivity contribution is 0.652. The molecule has 2 aliphatic carbocycles. The summed E-state index contributed by atoms with van der Waals surface area (Å²) in [4.78, 5) is 10.0. The molecular weight excluding hydrogens is 581 g/mol. The van der Waals surface area contributed by atoms with E-state index in [9.17, 15) is 0 Å². The first-order chi connectivity index (χ1) is 23.3. The third kappa shape index (κ3) is 4.26. The highest BCUT2D eigenvalue weighted by atomic mass is 14.9. The minimum atomic E-state index is -0.0973. The molecule has 0 saturated carbocycles. The second-order valence-electron chi connectivity index (χ2n) is 14.2. The van der Waals surface area contributed by atoms with E-state index >= 15 is 0 Å². The molecule has 230 valence electrons. The first-order valence-electron chi connectivity index (χ1n) is 16.8. The summed E-state index contributed by atoms with van der Waals surface area (Å²) in [5, 5.41) is 0. The van der Waals surface area contributed by atoms with E-state index in [1.54, 1.807) is 0 Å². The number of benzene rings is 6. The SMILES string of the molecule is CC1(C)c2ccccc2-c2cc3c(cc21)-c1c(-c2ccc(-c4cc(-c5ccccc5)nc(-c5ccccc5)n4)cc2)cccc1C3(C)C. The van der Waals surface area contributed by atoms with Crippen molar-refractivity contribution < 1.29 is 0 Å². The summed E-state index contributed by atoms with van der Waals surface area (Å²) in [6.45, 7) is 9.50. The van der Waals surface area contributed by atoms with Gasteiger partial charge in [-0.1, -0.05) is 155 Å². The maximum absolute atomic E-state index is 5.06. The predicted octanol–water partition coefficient (Wildman–Crippen LogP) is 11.8. The second kappa shape index (κ2) is 10.5. The molecule has 0 fully saturated rings. The molecule has 2 heteroatoms. The Bertz CT molecular complexity index is 2310. The average Bonchev–Trinajstić information content (AvgIpc) is 3.50. The third-order valence-electron chi connectivity index (χ3n) is 10.7. The Kier molecular flexibility index (Phi) is 6.23. The van der Waals surface area contributed by atoms with Crippen LogP contribution in [0, 0.1) is 0 Å². The van der Waals surface area contributed by atoms with Crippen LogP contribution in [-0.2, 0) is 10.8 Å². The van der Waals surface area contributed by atoms with Gasteiger partial charge in [0.1, 0.15) is 0 Å². The van der Waals surface area contributed by atoms with Gasteiger partial charge in [-0.3, -0.25) is 0 Å². The van der Waals surface area contributed by atoms with Crippen molar-refractivity contribution in [2.45, 2.75) is 38.5 Å². The fourth-order valence-electron chi connectivity index (χ4n) is 8.11. The molecule has 2 nitrogen and oxygen atoms in total. The van der Waals surface area contributed by atoms with Crippen LogP contribution in [0.5, 0.6) is 0 Å². The normalized spacial score (nSPS) is 14.6. The van der Waals surface area contributed by atoms with Gasteiger partial charge >= 0.3 is 0 Å². The molecule has 2 aliphatic rings. The van der Waals surface area contributed by atoms with E-state index in [4.69, 9.17) is 9.97 Å². The fraction of sp³-hybridized carbons (Fsp3) is 0.130. The maximum Gasteiger partial charge on any atom is 0.160 e. The standard InChI is InChI=1S/C46H36N2/c1-45(2)37-20-12-11-18-34(37)35-26-40-36(27-39(35)45)43-33(19-13-21-38(43)46(40,3)4)29-22-24-31(25-23-29)42-28-41(30-14-7-5-8-15-30)47-44(48-42)32-16-9-6-10-17-32/h5-28H,1-4H3. The molecule has 1 heterocycles. The van der Waals surface area contributed by atoms with Gasteiger partial charge in [-0.25, -0.2) is 9.97 Å². The van der Waals surface area contributed by atoms with E-state index in [1.807, 2.05) is 24.3 Å². The van der Waals surface area contributed by atoms with E-state index in [-0.39, 0.29) is 10.8 Å². The molecule has 6 aromatic carbocycles. The van der Waals surface area contributed by atoms with Crippen LogP contribution >= 0.6 is 0 Å². The molecular formula is C46H36N2. The zero-order valence-corrected chi connectivity index (χ0v) is 27.8. The second-order valence-corrected chi connectivity index (χ2v) is 14.2. The Balaban J connectivity index is 1.16. The van der Waals surface area contributed by atoms with E-state index in [1.165, 1.54) is 55.6 Å². The smallest absolute Gasteiger partial charge is 0.160 e. The Morgan fingerprint density at radius 2 is 0.854 bits per heavy atom. The lowest BCUT2D eigenvalue weighted by Gasteiger charge is -2.24. The monoisotopic (exact) mass is 616 g/mol. The van der Waals surface area contributed by atoms with E-state index in [0.29, 0.717) is 0 Å². The largest absolute Gasteiger partial charge is 0.228 e. The zero-order chi connectivity index (χ0) is 32.6. The fourth-order valence-corrected chi connectivity index (χ4v) is 8.11. The average molecular weight is 617 g/mol. The van der Waals surface area contributed by atoms with Crippen LogP contribution in [0.25, 0.3) is 67.3 Å². The number of fused-ring (bicyclic) bond motifs is 6. The lowest BCUT2D eigenvalue weighted by atomic mass is 9.79. The van der Waals surface area contributed by atoms with Crippen molar-refractivity contribution in [1.82, 2.24) is 9.97 Å². The molecule has 0 amide bonds. The summed E-state index contributed by atoms with van der Waals surface area (Å²) >= 11 is 0. The number of hydrogen-bond acceptors (Lipinski definition) is 2. The summed E-state index contributed by atoms with van der Waals surface area (Å²) in [6.07, 6.45) is 0. The van der Waals surface area contributed by atoms with Crippen molar-refractivity contribution in [3.63, 3.8) is 0 Å². The first kappa shape index (κ1) is 28.6. The van der Waals surface area contributed by atoms with Gasteiger partial charge in [0.15, 0.2) is 5.82 Å². The van der Waals surface area contributed by atoms with Crippen molar-refractivity contribution in [1.29, 1.82) is 0 Å². The summed E-state index contributed by atoms with van der Waals surface area (Å²) in [5.74, 6) is 0.730. The van der Waals surface area contributed by atoms with Gasteiger partial charge in [0.25, 0.3) is 0 Å². The molecule has 0 atom stereocenters. The van der Waals surface area contributed by atoms with Gasteiger partial charge in [0.2, 0.25) is 0 Å². The Morgan fingerprint density at radius 3 is 1.56 bits per heavy atom. The number of hydrogen-bond donors (Lipinski definition) is 0. The van der Waals surface area contributed by atoms with Crippen molar-refractivity contribution in [2.24, 2.45) is 0 Å². The van der Waals surface area contributed by atoms with Crippen LogP contribution in [0.15, 0.2) is 146 Å². The van der Waals surface area contributed by atoms with Crippen molar-refractivity contribution in [3.8, 4) is 67.3 Å². The molecule has 1 aromatic heterocycles. The highest BCUT2D eigenvalue weighted by molar-refractivity contribution is 5.96. The van der Waals surface area contributed by atoms with Gasteiger partial charge in [-0.15, -0.1) is 0 Å². The minimum absolute atomic E-state index is 0.0425. The topological polar surface area (TPSA) is 25.8 Å². The number of nitrogens with zero attached hydrogens (tertiary/aromatic N) is 2. The Labute approximate surface area is 282 Å². The van der Waals surface area contributed by atoms with E-state index in [0.717, 1.165) is 33.9 Å². The predicted molar refractivity (Wildman–Crippen MR) is 199 cm³/mol. The quantitative estimate of drug-likeness (QED) is 0.197. The summed E-state index contributed by atoms with van der Waals surface area (Å²) in [7, 11) is 0. The highest BCUT2D eigenvalue weighted by Gasteiger charge is 2.42. The summed E-state index contributed by atoms with van der Waals surface area (Å²) in [5.41, 5.74) is 18.5. The maximum atomic E-state index is 5.06. The lowest BCUT2D eigenvalue weighted by Crippen LogP contribution is -2.16. The highest BCUT2D eigenvalue weighted by Crippen LogP contribution is 2.57. The molecule has 9 rings (SSSR count). The van der Waals surface area contributed by atoms with Crippen molar-refractivity contribution in [2.75, 3.05) is 0 Å². The molecule has 0 bridgehead atoms. The van der Waals surface area contributed by atoms with Crippen LogP contribution in [0.2, 0.25) is 0 Å².